The summed E-state index contributed by atoms with van der Waals surface area (Å²) in [6.07, 6.45) is 1.02. The third-order valence-electron chi connectivity index (χ3n) is 5.20. The lowest BCUT2D eigenvalue weighted by molar-refractivity contribution is -0.140. The van der Waals surface area contributed by atoms with Gasteiger partial charge in [-0.15, -0.1) is 0 Å². The van der Waals surface area contributed by atoms with Crippen LogP contribution in [0.15, 0.2) is 48.5 Å². The zero-order valence-corrected chi connectivity index (χ0v) is 22.2. The number of nitrogens with zero attached hydrogens (tertiary/aromatic N) is 2. The number of anilines is 1. The van der Waals surface area contributed by atoms with Crippen LogP contribution in [0.4, 0.5) is 5.69 Å². The van der Waals surface area contributed by atoms with E-state index in [1.807, 2.05) is 51.1 Å². The Hall–Kier alpha value is -3.27. The molecule has 10 heteroatoms. The largest absolute Gasteiger partial charge is 0.493 e. The first-order chi connectivity index (χ1) is 16.3. The molecule has 0 bridgehead atoms. The number of nitrogens with one attached hydrogen (secondary N) is 1. The van der Waals surface area contributed by atoms with Gasteiger partial charge in [0.25, 0.3) is 0 Å². The molecule has 0 spiro atoms. The minimum atomic E-state index is -3.85. The number of methoxy groups -OCH3 is 2. The monoisotopic (exact) mass is 505 g/mol. The fourth-order valence-corrected chi connectivity index (χ4v) is 4.27. The molecule has 2 aromatic carbocycles. The molecule has 9 nitrogen and oxygen atoms in total. The highest BCUT2D eigenvalue weighted by atomic mass is 32.2. The van der Waals surface area contributed by atoms with Crippen molar-refractivity contribution >= 4 is 27.5 Å². The summed E-state index contributed by atoms with van der Waals surface area (Å²) in [7, 11) is -0.938. The number of carbonyl (C=O) groups is 2. The van der Waals surface area contributed by atoms with Gasteiger partial charge >= 0.3 is 0 Å². The van der Waals surface area contributed by atoms with Crippen molar-refractivity contribution in [2.75, 3.05) is 31.3 Å². The SMILES string of the molecule is COc1ccc(N(CC(=O)N(Cc2ccccc2)C(C)C(=O)NC(C)(C)C)S(C)(=O)=O)cc1OC. The highest BCUT2D eigenvalue weighted by Crippen LogP contribution is 2.32. The summed E-state index contributed by atoms with van der Waals surface area (Å²) in [6.45, 7) is 6.83. The van der Waals surface area contributed by atoms with Crippen molar-refractivity contribution in [1.29, 1.82) is 0 Å². The normalized spacial score (nSPS) is 12.4. The number of hydrogen-bond acceptors (Lipinski definition) is 6. The van der Waals surface area contributed by atoms with Crippen molar-refractivity contribution in [3.63, 3.8) is 0 Å². The molecule has 0 fully saturated rings. The summed E-state index contributed by atoms with van der Waals surface area (Å²) < 4.78 is 36.9. The average Bonchev–Trinajstić information content (AvgIpc) is 2.78. The van der Waals surface area contributed by atoms with E-state index < -0.39 is 34.1 Å². The van der Waals surface area contributed by atoms with Crippen LogP contribution in [0.2, 0.25) is 0 Å². The van der Waals surface area contributed by atoms with Gasteiger partial charge in [-0.25, -0.2) is 8.42 Å². The highest BCUT2D eigenvalue weighted by Gasteiger charge is 2.31. The second-order valence-corrected chi connectivity index (χ2v) is 11.1. The minimum absolute atomic E-state index is 0.141. The summed E-state index contributed by atoms with van der Waals surface area (Å²) in [5.74, 6) is -0.108. The number of benzene rings is 2. The van der Waals surface area contributed by atoms with Gasteiger partial charge in [0.1, 0.15) is 12.6 Å². The van der Waals surface area contributed by atoms with Crippen LogP contribution in [0, 0.1) is 0 Å². The lowest BCUT2D eigenvalue weighted by Gasteiger charge is -2.33. The maximum atomic E-state index is 13.6. The van der Waals surface area contributed by atoms with E-state index in [1.54, 1.807) is 13.0 Å². The van der Waals surface area contributed by atoms with Crippen molar-refractivity contribution in [3.05, 3.63) is 54.1 Å². The van der Waals surface area contributed by atoms with Gasteiger partial charge in [0, 0.05) is 18.2 Å². The van der Waals surface area contributed by atoms with Gasteiger partial charge in [-0.1, -0.05) is 30.3 Å². The molecule has 1 unspecified atom stereocenters. The van der Waals surface area contributed by atoms with E-state index in [-0.39, 0.29) is 18.1 Å². The fourth-order valence-electron chi connectivity index (χ4n) is 3.43. The van der Waals surface area contributed by atoms with E-state index >= 15 is 0 Å². The predicted octanol–water partition coefficient (Wildman–Crippen LogP) is 2.80. The van der Waals surface area contributed by atoms with Crippen molar-refractivity contribution in [3.8, 4) is 11.5 Å². The van der Waals surface area contributed by atoms with Crippen LogP contribution in [-0.4, -0.2) is 63.7 Å². The van der Waals surface area contributed by atoms with Crippen molar-refractivity contribution < 1.29 is 27.5 Å². The van der Waals surface area contributed by atoms with Crippen LogP contribution in [-0.2, 0) is 26.2 Å². The van der Waals surface area contributed by atoms with Gasteiger partial charge in [0.15, 0.2) is 11.5 Å². The summed E-state index contributed by atoms with van der Waals surface area (Å²) in [6, 6.07) is 13.0. The molecule has 0 saturated carbocycles. The van der Waals surface area contributed by atoms with Crippen LogP contribution >= 0.6 is 0 Å². The van der Waals surface area contributed by atoms with Gasteiger partial charge in [-0.2, -0.15) is 0 Å². The molecule has 0 aliphatic rings. The molecule has 1 atom stereocenters. The van der Waals surface area contributed by atoms with Crippen molar-refractivity contribution in [1.82, 2.24) is 10.2 Å². The molecular formula is C25H35N3O6S. The quantitative estimate of drug-likeness (QED) is 0.532. The number of rotatable bonds is 10. The van der Waals surface area contributed by atoms with Gasteiger partial charge in [-0.05, 0) is 45.4 Å². The van der Waals surface area contributed by atoms with Gasteiger partial charge in [0.2, 0.25) is 21.8 Å². The zero-order chi connectivity index (χ0) is 26.4. The second-order valence-electron chi connectivity index (χ2n) is 9.23. The lowest BCUT2D eigenvalue weighted by atomic mass is 10.1. The predicted molar refractivity (Wildman–Crippen MR) is 136 cm³/mol. The second kappa shape index (κ2) is 11.4. The van der Waals surface area contributed by atoms with E-state index in [2.05, 4.69) is 5.32 Å². The molecule has 0 saturated heterocycles. The smallest absolute Gasteiger partial charge is 0.244 e. The number of amides is 2. The summed E-state index contributed by atoms with van der Waals surface area (Å²) >= 11 is 0. The van der Waals surface area contributed by atoms with Gasteiger partial charge < -0.3 is 19.7 Å². The van der Waals surface area contributed by atoms with E-state index in [1.165, 1.54) is 31.3 Å². The molecule has 0 radical (unpaired) electrons. The Kier molecular flexibility index (Phi) is 9.14. The van der Waals surface area contributed by atoms with Crippen LogP contribution in [0.3, 0.4) is 0 Å². The Morgan fingerprint density at radius 2 is 1.60 bits per heavy atom. The highest BCUT2D eigenvalue weighted by molar-refractivity contribution is 7.92. The Morgan fingerprint density at radius 3 is 2.11 bits per heavy atom. The maximum absolute atomic E-state index is 13.6. The van der Waals surface area contributed by atoms with Crippen LogP contribution in [0.1, 0.15) is 33.3 Å². The molecule has 0 aliphatic carbocycles. The molecule has 0 aromatic heterocycles. The van der Waals surface area contributed by atoms with Crippen molar-refractivity contribution in [2.45, 2.75) is 45.8 Å². The lowest BCUT2D eigenvalue weighted by Crippen LogP contribution is -2.54. The number of ether oxygens (including phenoxy) is 2. The Balaban J connectivity index is 2.43. The van der Waals surface area contributed by atoms with Gasteiger partial charge in [0.05, 0.1) is 26.2 Å². The fraction of sp³-hybridized carbons (Fsp3) is 0.440. The van der Waals surface area contributed by atoms with Crippen molar-refractivity contribution in [2.24, 2.45) is 0 Å². The summed E-state index contributed by atoms with van der Waals surface area (Å²) in [5, 5.41) is 2.89. The standard InChI is InChI=1S/C25H35N3O6S/c1-18(24(30)26-25(2,3)4)27(16-19-11-9-8-10-12-19)23(29)17-28(35(7,31)32)20-13-14-21(33-5)22(15-20)34-6/h8-15,18H,16-17H2,1-7H3,(H,26,30). The molecule has 2 rings (SSSR count). The molecule has 0 aliphatic heterocycles. The molecule has 192 valence electrons. The molecule has 1 N–H and O–H groups in total. The third kappa shape index (κ3) is 7.88. The average molecular weight is 506 g/mol. The number of carbonyl (C=O) groups excluding carboxylic acids is 2. The Bertz CT molecular complexity index is 1130. The molecule has 0 heterocycles. The van der Waals surface area contributed by atoms with E-state index in [4.69, 9.17) is 9.47 Å². The minimum Gasteiger partial charge on any atom is -0.493 e. The first-order valence-electron chi connectivity index (χ1n) is 11.1. The zero-order valence-electron chi connectivity index (χ0n) is 21.4. The molecule has 35 heavy (non-hydrogen) atoms. The van der Waals surface area contributed by atoms with E-state index in [0.29, 0.717) is 11.5 Å². The Morgan fingerprint density at radius 1 is 1.00 bits per heavy atom. The van der Waals surface area contributed by atoms with Crippen LogP contribution in [0.5, 0.6) is 11.5 Å². The molecule has 2 aromatic rings. The van der Waals surface area contributed by atoms with E-state index in [0.717, 1.165) is 16.1 Å². The van der Waals surface area contributed by atoms with Crippen LogP contribution in [0.25, 0.3) is 0 Å². The first kappa shape index (κ1) is 28.0. The topological polar surface area (TPSA) is 105 Å². The van der Waals surface area contributed by atoms with Crippen LogP contribution < -0.4 is 19.1 Å². The maximum Gasteiger partial charge on any atom is 0.244 e. The Labute approximate surface area is 208 Å². The summed E-state index contributed by atoms with van der Waals surface area (Å²) in [4.78, 5) is 27.9. The van der Waals surface area contributed by atoms with Gasteiger partial charge in [-0.3, -0.25) is 13.9 Å². The summed E-state index contributed by atoms with van der Waals surface area (Å²) in [5.41, 5.74) is 0.559. The first-order valence-corrected chi connectivity index (χ1v) is 13.0. The molecule has 2 amide bonds. The third-order valence-corrected chi connectivity index (χ3v) is 6.34. The van der Waals surface area contributed by atoms with E-state index in [9.17, 15) is 18.0 Å². The number of sulfonamides is 1. The molecular weight excluding hydrogens is 470 g/mol. The number of hydrogen-bond donors (Lipinski definition) is 1.